The van der Waals surface area contributed by atoms with Crippen molar-refractivity contribution in [3.8, 4) is 0 Å². The van der Waals surface area contributed by atoms with Gasteiger partial charge in [0.2, 0.25) is 5.91 Å². The molecule has 6 nitrogen and oxygen atoms in total. The highest BCUT2D eigenvalue weighted by atomic mass is 16.5. The average Bonchev–Trinajstić information content (AvgIpc) is 2.26. The summed E-state index contributed by atoms with van der Waals surface area (Å²) in [4.78, 5) is 24.5. The second kappa shape index (κ2) is 5.97. The Hall–Kier alpha value is -1.14. The summed E-state index contributed by atoms with van der Waals surface area (Å²) < 4.78 is 5.16. The third-order valence-electron chi connectivity index (χ3n) is 2.99. The molecule has 0 saturated carbocycles. The van der Waals surface area contributed by atoms with E-state index in [1.807, 2.05) is 0 Å². The van der Waals surface area contributed by atoms with E-state index in [1.165, 1.54) is 0 Å². The first kappa shape index (κ1) is 13.9. The van der Waals surface area contributed by atoms with E-state index in [9.17, 15) is 14.7 Å². The van der Waals surface area contributed by atoms with Crippen LogP contribution in [-0.2, 0) is 14.3 Å². The van der Waals surface area contributed by atoms with Crippen LogP contribution in [0.2, 0.25) is 0 Å². The van der Waals surface area contributed by atoms with Gasteiger partial charge in [-0.2, -0.15) is 0 Å². The molecule has 0 atom stereocenters. The number of nitrogens with zero attached hydrogens (tertiary/aromatic N) is 1. The van der Waals surface area contributed by atoms with Crippen LogP contribution in [0.1, 0.15) is 12.8 Å². The summed E-state index contributed by atoms with van der Waals surface area (Å²) >= 11 is 0. The molecule has 0 aromatic carbocycles. The number of hydrogen-bond donors (Lipinski definition) is 2. The van der Waals surface area contributed by atoms with Crippen LogP contribution in [0.4, 0.5) is 0 Å². The van der Waals surface area contributed by atoms with Crippen molar-refractivity contribution in [3.63, 3.8) is 0 Å². The van der Waals surface area contributed by atoms with Gasteiger partial charge in [-0.15, -0.1) is 0 Å². The SMILES string of the molecule is CN(C)CC(=O)NCC1(C(=O)O)CCOCC1. The molecule has 0 spiro atoms. The molecule has 1 amide bonds. The second-order valence-electron chi connectivity index (χ2n) is 4.71. The lowest BCUT2D eigenvalue weighted by atomic mass is 9.80. The number of hydrogen-bond acceptors (Lipinski definition) is 4. The Bertz CT molecular complexity index is 285. The van der Waals surface area contributed by atoms with E-state index in [0.717, 1.165) is 0 Å². The van der Waals surface area contributed by atoms with Gasteiger partial charge in [0.05, 0.1) is 12.0 Å². The fourth-order valence-corrected chi connectivity index (χ4v) is 1.84. The fraction of sp³-hybridized carbons (Fsp3) is 0.818. The quantitative estimate of drug-likeness (QED) is 0.684. The Morgan fingerprint density at radius 1 is 1.35 bits per heavy atom. The number of nitrogens with one attached hydrogen (secondary N) is 1. The van der Waals surface area contributed by atoms with Gasteiger partial charge in [-0.3, -0.25) is 9.59 Å². The van der Waals surface area contributed by atoms with Crippen molar-refractivity contribution in [2.24, 2.45) is 5.41 Å². The van der Waals surface area contributed by atoms with Gasteiger partial charge in [0.1, 0.15) is 0 Å². The van der Waals surface area contributed by atoms with E-state index in [-0.39, 0.29) is 19.0 Å². The minimum absolute atomic E-state index is 0.151. The smallest absolute Gasteiger partial charge is 0.311 e. The minimum atomic E-state index is -0.861. The van der Waals surface area contributed by atoms with E-state index in [0.29, 0.717) is 26.1 Å². The van der Waals surface area contributed by atoms with Gasteiger partial charge in [0.15, 0.2) is 0 Å². The van der Waals surface area contributed by atoms with Gasteiger partial charge >= 0.3 is 5.97 Å². The van der Waals surface area contributed by atoms with Crippen LogP contribution in [0.5, 0.6) is 0 Å². The standard InChI is InChI=1S/C11H20N2O4/c1-13(2)7-9(14)12-8-11(10(15)16)3-5-17-6-4-11/h3-8H2,1-2H3,(H,12,14)(H,15,16). The van der Waals surface area contributed by atoms with Gasteiger partial charge in [0.25, 0.3) is 0 Å². The van der Waals surface area contributed by atoms with Crippen molar-refractivity contribution < 1.29 is 19.4 Å². The molecule has 1 aliphatic rings. The first-order chi connectivity index (χ1) is 7.96. The molecule has 1 heterocycles. The summed E-state index contributed by atoms with van der Waals surface area (Å²) in [6.07, 6.45) is 0.898. The van der Waals surface area contributed by atoms with Crippen LogP contribution < -0.4 is 5.32 Å². The van der Waals surface area contributed by atoms with Crippen LogP contribution in [-0.4, -0.2) is 62.3 Å². The van der Waals surface area contributed by atoms with Crippen LogP contribution in [0.15, 0.2) is 0 Å². The normalized spacial score (nSPS) is 19.0. The maximum atomic E-state index is 11.5. The zero-order valence-electron chi connectivity index (χ0n) is 10.4. The van der Waals surface area contributed by atoms with Crippen molar-refractivity contribution in [1.82, 2.24) is 10.2 Å². The molecule has 2 N–H and O–H groups in total. The predicted molar refractivity (Wildman–Crippen MR) is 61.7 cm³/mol. The second-order valence-corrected chi connectivity index (χ2v) is 4.71. The number of carbonyl (C=O) groups is 2. The summed E-state index contributed by atoms with van der Waals surface area (Å²) in [5.41, 5.74) is -0.861. The summed E-state index contributed by atoms with van der Waals surface area (Å²) in [5.74, 6) is -1.01. The zero-order chi connectivity index (χ0) is 12.9. The highest BCUT2D eigenvalue weighted by Gasteiger charge is 2.40. The summed E-state index contributed by atoms with van der Waals surface area (Å²) in [6.45, 7) is 1.33. The van der Waals surface area contributed by atoms with E-state index < -0.39 is 11.4 Å². The molecule has 17 heavy (non-hydrogen) atoms. The largest absolute Gasteiger partial charge is 0.481 e. The number of rotatable bonds is 5. The van der Waals surface area contributed by atoms with Gasteiger partial charge in [-0.1, -0.05) is 0 Å². The predicted octanol–water partition coefficient (Wildman–Crippen LogP) is -0.454. The van der Waals surface area contributed by atoms with E-state index in [2.05, 4.69) is 5.32 Å². The third-order valence-corrected chi connectivity index (χ3v) is 2.99. The van der Waals surface area contributed by atoms with Gasteiger partial charge in [0, 0.05) is 19.8 Å². The van der Waals surface area contributed by atoms with Crippen LogP contribution in [0.25, 0.3) is 0 Å². The molecule has 0 aromatic heterocycles. The summed E-state index contributed by atoms with van der Waals surface area (Å²) in [6, 6.07) is 0. The van der Waals surface area contributed by atoms with Crippen LogP contribution in [0.3, 0.4) is 0 Å². The van der Waals surface area contributed by atoms with Gasteiger partial charge in [-0.05, 0) is 26.9 Å². The topological polar surface area (TPSA) is 78.9 Å². The zero-order valence-corrected chi connectivity index (χ0v) is 10.4. The van der Waals surface area contributed by atoms with Crippen molar-refractivity contribution in [2.75, 3.05) is 40.4 Å². The summed E-state index contributed by atoms with van der Waals surface area (Å²) in [5, 5.41) is 12.0. The molecule has 0 unspecified atom stereocenters. The molecule has 1 fully saturated rings. The molecule has 0 aliphatic carbocycles. The molecule has 1 aliphatic heterocycles. The van der Waals surface area contributed by atoms with Crippen LogP contribution >= 0.6 is 0 Å². The van der Waals surface area contributed by atoms with Crippen molar-refractivity contribution in [1.29, 1.82) is 0 Å². The maximum absolute atomic E-state index is 11.5. The highest BCUT2D eigenvalue weighted by molar-refractivity contribution is 5.80. The molecular formula is C11H20N2O4. The average molecular weight is 244 g/mol. The van der Waals surface area contributed by atoms with Crippen molar-refractivity contribution >= 4 is 11.9 Å². The van der Waals surface area contributed by atoms with Crippen LogP contribution in [0, 0.1) is 5.41 Å². The lowest BCUT2D eigenvalue weighted by molar-refractivity contribution is -0.154. The molecule has 6 heteroatoms. The molecule has 0 aromatic rings. The lowest BCUT2D eigenvalue weighted by Gasteiger charge is -2.33. The fourth-order valence-electron chi connectivity index (χ4n) is 1.84. The Morgan fingerprint density at radius 3 is 2.41 bits per heavy atom. The highest BCUT2D eigenvalue weighted by Crippen LogP contribution is 2.29. The number of ether oxygens (including phenoxy) is 1. The maximum Gasteiger partial charge on any atom is 0.311 e. The minimum Gasteiger partial charge on any atom is -0.481 e. The number of aliphatic carboxylic acids is 1. The number of carbonyl (C=O) groups excluding carboxylic acids is 1. The Balaban J connectivity index is 2.50. The first-order valence-electron chi connectivity index (χ1n) is 5.69. The molecule has 1 rings (SSSR count). The molecule has 1 saturated heterocycles. The summed E-state index contributed by atoms with van der Waals surface area (Å²) in [7, 11) is 3.59. The lowest BCUT2D eigenvalue weighted by Crippen LogP contribution is -2.47. The van der Waals surface area contributed by atoms with Crippen molar-refractivity contribution in [2.45, 2.75) is 12.8 Å². The van der Waals surface area contributed by atoms with Gasteiger partial charge in [-0.25, -0.2) is 0 Å². The number of likely N-dealkylation sites (N-methyl/N-ethyl adjacent to an activating group) is 1. The Morgan fingerprint density at radius 2 is 1.94 bits per heavy atom. The Labute approximate surface area is 101 Å². The van der Waals surface area contributed by atoms with E-state index in [1.54, 1.807) is 19.0 Å². The first-order valence-corrected chi connectivity index (χ1v) is 5.69. The third kappa shape index (κ3) is 3.98. The van der Waals surface area contributed by atoms with E-state index >= 15 is 0 Å². The van der Waals surface area contributed by atoms with E-state index in [4.69, 9.17) is 4.74 Å². The molecule has 98 valence electrons. The monoisotopic (exact) mass is 244 g/mol. The number of carboxylic acid groups (broad SMARTS) is 1. The van der Waals surface area contributed by atoms with Crippen molar-refractivity contribution in [3.05, 3.63) is 0 Å². The molecule has 0 bridgehead atoms. The molecule has 0 radical (unpaired) electrons. The Kier molecular flexibility index (Phi) is 4.89. The number of amides is 1. The molecular weight excluding hydrogens is 224 g/mol. The number of carboxylic acids is 1. The van der Waals surface area contributed by atoms with Gasteiger partial charge < -0.3 is 20.1 Å².